The molecule has 0 aliphatic heterocycles. The SMILES string of the molecule is c1cc(-c2cccc(-c3ccc4sc5ccc(-n6c7ccccc7c7ccccc76)cc5c4c3)c2)cc(-c2ccc3oc4ccccc4c3c2)c1.c1cc(-c2cccc(-n3c4ccccc4c4ccccc43)c2)cc(-c2ccc3sc4ccc(-n5c6ccccc6c6ccccc65)cc4c3c2)c1.c1ccc(-c2ccc3sc4ccc(-c5ccc6oc7ccc(-n8c9ccccc9c9ccccc98)cc7c6c5)cc4c3c2)cc1. The van der Waals surface area contributed by atoms with Crippen LogP contribution in [-0.2, 0) is 0 Å². The molecule has 0 atom stereocenters. The van der Waals surface area contributed by atoms with Crippen LogP contribution in [0.3, 0.4) is 0 Å². The molecule has 0 saturated heterocycles. The average molecular weight is 1930 g/mol. The molecule has 32 rings (SSSR count). The van der Waals surface area contributed by atoms with E-state index in [1.165, 1.54) is 243 Å². The van der Waals surface area contributed by atoms with E-state index in [2.05, 4.69) is 516 Å². The Labute approximate surface area is 856 Å². The number of aromatic nitrogens is 4. The van der Waals surface area contributed by atoms with Crippen molar-refractivity contribution in [2.24, 2.45) is 0 Å². The largest absolute Gasteiger partial charge is 0.456 e. The van der Waals surface area contributed by atoms with Crippen LogP contribution < -0.4 is 0 Å². The molecule has 0 aliphatic carbocycles. The molecule has 23 aromatic carbocycles. The van der Waals surface area contributed by atoms with E-state index >= 15 is 0 Å². The molecule has 9 heteroatoms. The molecule has 0 bridgehead atoms. The van der Waals surface area contributed by atoms with Crippen molar-refractivity contribution >= 4 is 226 Å². The van der Waals surface area contributed by atoms with Gasteiger partial charge in [0.1, 0.15) is 22.3 Å². The van der Waals surface area contributed by atoms with Crippen molar-refractivity contribution < 1.29 is 8.83 Å². The molecule has 0 aliphatic rings. The van der Waals surface area contributed by atoms with Gasteiger partial charge in [0.15, 0.2) is 0 Å². The highest BCUT2D eigenvalue weighted by Crippen LogP contribution is 2.48. The first-order valence-corrected chi connectivity index (χ1v) is 52.5. The Hall–Kier alpha value is -18.5. The fourth-order valence-corrected chi connectivity index (χ4v) is 26.4. The Kier molecular flexibility index (Phi) is 19.6. The van der Waals surface area contributed by atoms with Crippen molar-refractivity contribution in [1.29, 1.82) is 0 Å². The normalized spacial score (nSPS) is 11.9. The summed E-state index contributed by atoms with van der Waals surface area (Å²) in [6.07, 6.45) is 0. The molecular formula is C138H84N4O2S3. The van der Waals surface area contributed by atoms with Crippen LogP contribution in [0, 0.1) is 0 Å². The quantitative estimate of drug-likeness (QED) is 0.130. The summed E-state index contributed by atoms with van der Waals surface area (Å²) in [5.74, 6) is 0. The molecule has 32 aromatic rings. The third-order valence-electron chi connectivity index (χ3n) is 30.1. The highest BCUT2D eigenvalue weighted by atomic mass is 32.1. The molecule has 686 valence electrons. The number of rotatable bonds is 11. The number of hydrogen-bond donors (Lipinski definition) is 0. The summed E-state index contributed by atoms with van der Waals surface area (Å²) in [5.41, 5.74) is 35.1. The highest BCUT2D eigenvalue weighted by molar-refractivity contribution is 7.26. The van der Waals surface area contributed by atoms with Crippen LogP contribution in [-0.4, -0.2) is 18.3 Å². The van der Waals surface area contributed by atoms with Gasteiger partial charge in [-0.25, -0.2) is 0 Å². The summed E-state index contributed by atoms with van der Waals surface area (Å²) in [6, 6.07) is 185. The number of furan rings is 2. The summed E-state index contributed by atoms with van der Waals surface area (Å²) < 4.78 is 29.9. The topological polar surface area (TPSA) is 46.0 Å². The maximum atomic E-state index is 6.35. The molecular weight excluding hydrogens is 1840 g/mol. The molecule has 0 spiro atoms. The van der Waals surface area contributed by atoms with E-state index in [9.17, 15) is 0 Å². The first-order chi connectivity index (χ1) is 72.8. The third-order valence-corrected chi connectivity index (χ3v) is 33.6. The molecule has 0 amide bonds. The summed E-state index contributed by atoms with van der Waals surface area (Å²) in [5, 5.41) is 22.6. The van der Waals surface area contributed by atoms with Gasteiger partial charge in [-0.2, -0.15) is 0 Å². The highest BCUT2D eigenvalue weighted by Gasteiger charge is 2.23. The van der Waals surface area contributed by atoms with Crippen LogP contribution in [0.1, 0.15) is 0 Å². The molecule has 0 saturated carbocycles. The summed E-state index contributed by atoms with van der Waals surface area (Å²) >= 11 is 5.59. The maximum Gasteiger partial charge on any atom is 0.135 e. The van der Waals surface area contributed by atoms with Gasteiger partial charge in [-0.3, -0.25) is 0 Å². The minimum Gasteiger partial charge on any atom is -0.456 e. The zero-order valence-electron chi connectivity index (χ0n) is 79.3. The van der Waals surface area contributed by atoms with Gasteiger partial charge in [-0.1, -0.05) is 297 Å². The first-order valence-electron chi connectivity index (χ1n) is 50.0. The zero-order valence-corrected chi connectivity index (χ0v) is 81.8. The van der Waals surface area contributed by atoms with Gasteiger partial charge in [0.2, 0.25) is 0 Å². The van der Waals surface area contributed by atoms with Crippen molar-refractivity contribution in [1.82, 2.24) is 18.3 Å². The molecule has 0 N–H and O–H groups in total. The van der Waals surface area contributed by atoms with E-state index in [0.29, 0.717) is 0 Å². The monoisotopic (exact) mass is 1920 g/mol. The zero-order chi connectivity index (χ0) is 96.4. The Bertz CT molecular complexity index is 10800. The van der Waals surface area contributed by atoms with E-state index in [1.807, 2.05) is 46.1 Å². The van der Waals surface area contributed by atoms with Crippen molar-refractivity contribution in [2.45, 2.75) is 0 Å². The molecule has 9 aromatic heterocycles. The lowest BCUT2D eigenvalue weighted by molar-refractivity contribution is 0.668. The van der Waals surface area contributed by atoms with Crippen molar-refractivity contribution in [3.63, 3.8) is 0 Å². The van der Waals surface area contributed by atoms with Gasteiger partial charge < -0.3 is 27.1 Å². The maximum absolute atomic E-state index is 6.35. The molecule has 6 nitrogen and oxygen atoms in total. The predicted octanol–water partition coefficient (Wildman–Crippen LogP) is 40.0. The second-order valence-electron chi connectivity index (χ2n) is 38.5. The minimum absolute atomic E-state index is 0.902. The lowest BCUT2D eigenvalue weighted by Crippen LogP contribution is -1.94. The molecule has 0 radical (unpaired) electrons. The van der Waals surface area contributed by atoms with Gasteiger partial charge in [-0.05, 0) is 290 Å². The van der Waals surface area contributed by atoms with E-state index in [1.54, 1.807) is 0 Å². The van der Waals surface area contributed by atoms with E-state index in [0.717, 1.165) is 49.6 Å². The summed E-state index contributed by atoms with van der Waals surface area (Å²) in [7, 11) is 0. The number of fused-ring (bicyclic) bond motifs is 27. The van der Waals surface area contributed by atoms with Crippen LogP contribution in [0.25, 0.3) is 292 Å². The molecule has 0 unspecified atom stereocenters. The van der Waals surface area contributed by atoms with E-state index in [-0.39, 0.29) is 0 Å². The summed E-state index contributed by atoms with van der Waals surface area (Å²) in [4.78, 5) is 0. The molecule has 9 heterocycles. The Morgan fingerprint density at radius 3 is 0.646 bits per heavy atom. The fraction of sp³-hybridized carbons (Fsp3) is 0. The van der Waals surface area contributed by atoms with E-state index < -0.39 is 0 Å². The predicted molar refractivity (Wildman–Crippen MR) is 628 cm³/mol. The smallest absolute Gasteiger partial charge is 0.135 e. The number of benzene rings is 23. The van der Waals surface area contributed by atoms with Crippen LogP contribution in [0.2, 0.25) is 0 Å². The van der Waals surface area contributed by atoms with Crippen molar-refractivity contribution in [2.75, 3.05) is 0 Å². The number of thiophene rings is 3. The van der Waals surface area contributed by atoms with Gasteiger partial charge in [0, 0.05) is 148 Å². The number of para-hydroxylation sites is 9. The van der Waals surface area contributed by atoms with Crippen LogP contribution in [0.5, 0.6) is 0 Å². The Morgan fingerprint density at radius 1 is 0.116 bits per heavy atom. The second kappa shape index (κ2) is 34.1. The van der Waals surface area contributed by atoms with Gasteiger partial charge in [0.05, 0.1) is 44.1 Å². The van der Waals surface area contributed by atoms with Gasteiger partial charge in [-0.15, -0.1) is 34.0 Å². The Morgan fingerprint density at radius 2 is 0.313 bits per heavy atom. The lowest BCUT2D eigenvalue weighted by Gasteiger charge is -2.11. The van der Waals surface area contributed by atoms with Crippen LogP contribution in [0.4, 0.5) is 0 Å². The minimum atomic E-state index is 0.902. The molecule has 0 fully saturated rings. The lowest BCUT2D eigenvalue weighted by atomic mass is 9.95. The summed E-state index contributed by atoms with van der Waals surface area (Å²) in [6.45, 7) is 0. The van der Waals surface area contributed by atoms with Crippen LogP contribution in [0.15, 0.2) is 518 Å². The van der Waals surface area contributed by atoms with Crippen LogP contribution >= 0.6 is 34.0 Å². The molecule has 147 heavy (non-hydrogen) atoms. The van der Waals surface area contributed by atoms with Crippen molar-refractivity contribution in [3.8, 4) is 101 Å². The number of hydrogen-bond acceptors (Lipinski definition) is 5. The average Bonchev–Trinajstić information content (AvgIpc) is 1.60. The third kappa shape index (κ3) is 14.1. The van der Waals surface area contributed by atoms with E-state index in [4.69, 9.17) is 8.83 Å². The second-order valence-corrected chi connectivity index (χ2v) is 41.7. The van der Waals surface area contributed by atoms with Gasteiger partial charge in [0.25, 0.3) is 0 Å². The Balaban J connectivity index is 0.000000102. The fourth-order valence-electron chi connectivity index (χ4n) is 23.2. The number of nitrogens with zero attached hydrogens (tertiary/aromatic N) is 4. The first kappa shape index (κ1) is 84.2. The standard InChI is InChI=1S/C48H30N2S.C48H29NOS.C42H25NOS/c1-5-19-43-37(15-1)38-16-2-6-20-44(38)49(43)35-14-10-13-33(28-35)31-11-9-12-32(27-31)34-23-25-47-41(29-34)42-30-36(24-26-48(42)51-47)50-45-21-7-3-17-39(45)40-18-4-8-22-46(40)50;1-4-16-43-37(13-1)38-14-2-5-17-44(38)49(43)36-21-24-48-42(29-36)41-28-35(20-23-47(41)51-48)33-12-8-10-31(26-33)30-9-7-11-32(25-30)34-19-22-46-40(27-34)39-15-3-6-18-45(39)50-46;1-2-8-26(9-3-1)27-15-20-41-35(23-27)36-24-29(16-21-42(36)45-41)28-14-18-39-33(22-28)34-25-30(17-19-40(34)44-39)43-37-12-6-4-10-31(37)32-11-5-7-13-38(32)43/h1-30H;1-29H;1-25H. The van der Waals surface area contributed by atoms with Crippen molar-refractivity contribution in [3.05, 3.63) is 510 Å². The van der Waals surface area contributed by atoms with Gasteiger partial charge >= 0.3 is 0 Å².